The maximum atomic E-state index is 14.0. The predicted octanol–water partition coefficient (Wildman–Crippen LogP) is 1.58. The molecule has 0 bridgehead atoms. The van der Waals surface area contributed by atoms with Gasteiger partial charge < -0.3 is 21.0 Å². The number of benzene rings is 1. The molecule has 1 saturated heterocycles. The fraction of sp³-hybridized carbons (Fsp3) is 0.500. The zero-order valence-electron chi connectivity index (χ0n) is 11.7. The predicted molar refractivity (Wildman–Crippen MR) is 74.2 cm³/mol. The molecule has 1 fully saturated rings. The van der Waals surface area contributed by atoms with Crippen molar-refractivity contribution >= 4 is 5.84 Å². The van der Waals surface area contributed by atoms with Gasteiger partial charge in [0.25, 0.3) is 0 Å². The summed E-state index contributed by atoms with van der Waals surface area (Å²) in [6.45, 7) is 5.22. The third-order valence-corrected chi connectivity index (χ3v) is 4.03. The summed E-state index contributed by atoms with van der Waals surface area (Å²) in [7, 11) is 0. The quantitative estimate of drug-likeness (QED) is 0.339. The van der Waals surface area contributed by atoms with E-state index in [1.54, 1.807) is 12.1 Å². The first-order chi connectivity index (χ1) is 9.46. The summed E-state index contributed by atoms with van der Waals surface area (Å²) >= 11 is 0. The third-order valence-electron chi connectivity index (χ3n) is 4.03. The lowest BCUT2D eigenvalue weighted by Gasteiger charge is -2.29. The molecule has 5 nitrogen and oxygen atoms in total. The van der Waals surface area contributed by atoms with E-state index in [4.69, 9.17) is 15.7 Å². The van der Waals surface area contributed by atoms with E-state index < -0.39 is 0 Å². The van der Waals surface area contributed by atoms with Crippen LogP contribution in [-0.2, 0) is 11.3 Å². The van der Waals surface area contributed by atoms with Crippen molar-refractivity contribution in [1.82, 2.24) is 5.32 Å². The van der Waals surface area contributed by atoms with Gasteiger partial charge in [0.1, 0.15) is 5.82 Å². The van der Waals surface area contributed by atoms with Gasteiger partial charge in [-0.25, -0.2) is 4.39 Å². The van der Waals surface area contributed by atoms with Gasteiger partial charge in [-0.2, -0.15) is 0 Å². The molecule has 4 N–H and O–H groups in total. The molecule has 1 aliphatic rings. The molecule has 6 heteroatoms. The molecule has 1 aromatic carbocycles. The Kier molecular flexibility index (Phi) is 4.25. The molecular weight excluding hydrogens is 261 g/mol. The highest BCUT2D eigenvalue weighted by atomic mass is 19.1. The van der Waals surface area contributed by atoms with E-state index in [1.807, 2.05) is 6.92 Å². The summed E-state index contributed by atoms with van der Waals surface area (Å²) in [6.07, 6.45) is 1.000. The first-order valence-corrected chi connectivity index (χ1v) is 6.59. The van der Waals surface area contributed by atoms with E-state index in [0.717, 1.165) is 13.0 Å². The summed E-state index contributed by atoms with van der Waals surface area (Å²) in [6, 6.07) is 4.54. The van der Waals surface area contributed by atoms with Gasteiger partial charge in [-0.15, -0.1) is 0 Å². The molecule has 1 aromatic rings. The van der Waals surface area contributed by atoms with Gasteiger partial charge in [0, 0.05) is 29.8 Å². The van der Waals surface area contributed by atoms with E-state index in [-0.39, 0.29) is 23.3 Å². The van der Waals surface area contributed by atoms with Crippen LogP contribution in [0.4, 0.5) is 4.39 Å². The molecule has 0 radical (unpaired) electrons. The van der Waals surface area contributed by atoms with Crippen LogP contribution in [0.3, 0.4) is 0 Å². The SMILES string of the molecule is CC1OCCC1(C)NCc1ccc(/C(N)=N/O)cc1F. The van der Waals surface area contributed by atoms with Crippen molar-refractivity contribution in [3.63, 3.8) is 0 Å². The molecule has 20 heavy (non-hydrogen) atoms. The Labute approximate surface area is 117 Å². The second-order valence-corrected chi connectivity index (χ2v) is 5.33. The Morgan fingerprint density at radius 3 is 2.95 bits per heavy atom. The Bertz CT molecular complexity index is 521. The highest BCUT2D eigenvalue weighted by Gasteiger charge is 2.36. The number of hydrogen-bond donors (Lipinski definition) is 3. The Hall–Kier alpha value is -1.66. The Morgan fingerprint density at radius 2 is 2.40 bits per heavy atom. The number of halogens is 1. The first-order valence-electron chi connectivity index (χ1n) is 6.59. The number of nitrogens with one attached hydrogen (secondary N) is 1. The molecule has 2 atom stereocenters. The molecular formula is C14H20FN3O2. The molecule has 0 saturated carbocycles. The topological polar surface area (TPSA) is 79.9 Å². The fourth-order valence-electron chi connectivity index (χ4n) is 2.27. The van der Waals surface area contributed by atoms with Crippen molar-refractivity contribution in [2.45, 2.75) is 38.5 Å². The summed E-state index contributed by atoms with van der Waals surface area (Å²) in [5.41, 5.74) is 6.19. The van der Waals surface area contributed by atoms with Gasteiger partial charge in [-0.05, 0) is 26.3 Å². The van der Waals surface area contributed by atoms with Crippen LogP contribution < -0.4 is 11.1 Å². The van der Waals surface area contributed by atoms with Crippen LogP contribution in [0.1, 0.15) is 31.4 Å². The molecule has 0 amide bonds. The van der Waals surface area contributed by atoms with Crippen LogP contribution in [0.25, 0.3) is 0 Å². The summed E-state index contributed by atoms with van der Waals surface area (Å²) in [5.74, 6) is -0.482. The van der Waals surface area contributed by atoms with E-state index in [1.165, 1.54) is 6.07 Å². The van der Waals surface area contributed by atoms with Gasteiger partial charge in [-0.1, -0.05) is 17.3 Å². The number of ether oxygens (including phenoxy) is 1. The largest absolute Gasteiger partial charge is 0.409 e. The third kappa shape index (κ3) is 2.91. The van der Waals surface area contributed by atoms with Crippen molar-refractivity contribution in [2.24, 2.45) is 10.9 Å². The highest BCUT2D eigenvalue weighted by Crippen LogP contribution is 2.25. The lowest BCUT2D eigenvalue weighted by atomic mass is 9.94. The Morgan fingerprint density at radius 1 is 1.65 bits per heavy atom. The molecule has 2 rings (SSSR count). The zero-order chi connectivity index (χ0) is 14.8. The Balaban J connectivity index is 2.07. The van der Waals surface area contributed by atoms with E-state index in [9.17, 15) is 4.39 Å². The number of rotatable bonds is 4. The monoisotopic (exact) mass is 281 g/mol. The second kappa shape index (κ2) is 5.76. The normalized spacial score (nSPS) is 26.9. The second-order valence-electron chi connectivity index (χ2n) is 5.33. The van der Waals surface area contributed by atoms with Crippen LogP contribution in [0.15, 0.2) is 23.4 Å². The number of hydrogen-bond acceptors (Lipinski definition) is 4. The minimum atomic E-state index is -0.378. The summed E-state index contributed by atoms with van der Waals surface area (Å²) < 4.78 is 19.5. The molecule has 0 aromatic heterocycles. The molecule has 110 valence electrons. The lowest BCUT2D eigenvalue weighted by Crippen LogP contribution is -2.47. The van der Waals surface area contributed by atoms with Crippen LogP contribution >= 0.6 is 0 Å². The van der Waals surface area contributed by atoms with Crippen LogP contribution in [-0.4, -0.2) is 29.3 Å². The van der Waals surface area contributed by atoms with Crippen molar-refractivity contribution in [3.05, 3.63) is 35.1 Å². The van der Waals surface area contributed by atoms with Gasteiger partial charge in [0.05, 0.1) is 6.10 Å². The minimum absolute atomic E-state index is 0.0991. The molecule has 1 aliphatic heterocycles. The zero-order valence-corrected chi connectivity index (χ0v) is 11.7. The van der Waals surface area contributed by atoms with Crippen LogP contribution in [0, 0.1) is 5.82 Å². The maximum Gasteiger partial charge on any atom is 0.170 e. The van der Waals surface area contributed by atoms with Gasteiger partial charge in [0.15, 0.2) is 5.84 Å². The lowest BCUT2D eigenvalue weighted by molar-refractivity contribution is 0.0880. The van der Waals surface area contributed by atoms with E-state index in [2.05, 4.69) is 17.4 Å². The summed E-state index contributed by atoms with van der Waals surface area (Å²) in [4.78, 5) is 0. The maximum absolute atomic E-state index is 14.0. The van der Waals surface area contributed by atoms with Gasteiger partial charge >= 0.3 is 0 Å². The molecule has 0 spiro atoms. The molecule has 1 heterocycles. The fourth-order valence-corrected chi connectivity index (χ4v) is 2.27. The first kappa shape index (κ1) is 14.7. The number of nitrogens with zero attached hydrogens (tertiary/aromatic N) is 1. The summed E-state index contributed by atoms with van der Waals surface area (Å²) in [5, 5.41) is 14.8. The van der Waals surface area contributed by atoms with Crippen molar-refractivity contribution in [2.75, 3.05) is 6.61 Å². The van der Waals surface area contributed by atoms with Crippen molar-refractivity contribution in [1.29, 1.82) is 0 Å². The van der Waals surface area contributed by atoms with Gasteiger partial charge in [-0.3, -0.25) is 0 Å². The number of oxime groups is 1. The van der Waals surface area contributed by atoms with Crippen molar-refractivity contribution in [3.8, 4) is 0 Å². The average molecular weight is 281 g/mol. The molecule has 0 aliphatic carbocycles. The number of nitrogens with two attached hydrogens (primary N) is 1. The minimum Gasteiger partial charge on any atom is -0.409 e. The standard InChI is InChI=1S/C14H20FN3O2/c1-9-14(2,5-6-20-9)17-8-11-4-3-10(7-12(11)15)13(16)18-19/h3-4,7,9,17,19H,5-6,8H2,1-2H3,(H2,16,18). The highest BCUT2D eigenvalue weighted by molar-refractivity contribution is 5.97. The van der Waals surface area contributed by atoms with Crippen molar-refractivity contribution < 1.29 is 14.3 Å². The van der Waals surface area contributed by atoms with E-state index in [0.29, 0.717) is 17.7 Å². The number of amidine groups is 1. The molecule has 2 unspecified atom stereocenters. The van der Waals surface area contributed by atoms with E-state index >= 15 is 0 Å². The smallest absolute Gasteiger partial charge is 0.170 e. The van der Waals surface area contributed by atoms with Gasteiger partial charge in [0.2, 0.25) is 0 Å². The average Bonchev–Trinajstić information content (AvgIpc) is 2.76. The van der Waals surface area contributed by atoms with Crippen LogP contribution in [0.5, 0.6) is 0 Å². The van der Waals surface area contributed by atoms with Crippen LogP contribution in [0.2, 0.25) is 0 Å².